The summed E-state index contributed by atoms with van der Waals surface area (Å²) in [5.41, 5.74) is 1.20. The van der Waals surface area contributed by atoms with E-state index in [-0.39, 0.29) is 5.82 Å². The average molecular weight is 385 g/mol. The van der Waals surface area contributed by atoms with Gasteiger partial charge in [-0.1, -0.05) is 18.6 Å². The van der Waals surface area contributed by atoms with Gasteiger partial charge in [0.05, 0.1) is 6.54 Å². The number of nitrogens with zero attached hydrogens (tertiary/aromatic N) is 5. The number of nitrogens with one attached hydrogen (secondary N) is 1. The Labute approximate surface area is 165 Å². The molecule has 3 heterocycles. The quantitative estimate of drug-likeness (QED) is 0.651. The maximum Gasteiger partial charge on any atom is 0.194 e. The number of hydrogen-bond donors (Lipinski definition) is 1. The molecular formula is C21H29FN6. The van der Waals surface area contributed by atoms with Gasteiger partial charge in [-0.05, 0) is 49.3 Å². The van der Waals surface area contributed by atoms with E-state index < -0.39 is 0 Å². The molecule has 1 atom stereocenters. The van der Waals surface area contributed by atoms with Crippen LogP contribution in [0.2, 0.25) is 0 Å². The van der Waals surface area contributed by atoms with Gasteiger partial charge in [-0.2, -0.15) is 0 Å². The zero-order valence-electron chi connectivity index (χ0n) is 16.6. The van der Waals surface area contributed by atoms with Gasteiger partial charge < -0.3 is 14.8 Å². The summed E-state index contributed by atoms with van der Waals surface area (Å²) < 4.78 is 15.4. The van der Waals surface area contributed by atoms with E-state index in [4.69, 9.17) is 0 Å². The molecule has 2 aromatic rings. The Hall–Kier alpha value is -2.44. The second-order valence-corrected chi connectivity index (χ2v) is 7.83. The standard InChI is InChI=1S/C21H29FN6/c1-23-21(24-14-20-26-25-19-5-3-2-4-11-28(19)20)27-12-10-17(15-27)13-16-6-8-18(22)9-7-16/h6-9,17H,2-5,10-15H2,1H3,(H,23,24). The van der Waals surface area contributed by atoms with Gasteiger partial charge in [0.25, 0.3) is 0 Å². The molecule has 1 fully saturated rings. The highest BCUT2D eigenvalue weighted by molar-refractivity contribution is 5.80. The third kappa shape index (κ3) is 4.34. The first-order valence-electron chi connectivity index (χ1n) is 10.3. The van der Waals surface area contributed by atoms with Gasteiger partial charge in [-0.15, -0.1) is 10.2 Å². The molecule has 0 bridgehead atoms. The van der Waals surface area contributed by atoms with Crippen LogP contribution in [-0.2, 0) is 25.9 Å². The Morgan fingerprint density at radius 2 is 2.04 bits per heavy atom. The molecule has 4 rings (SSSR count). The van der Waals surface area contributed by atoms with Crippen LogP contribution in [0.1, 0.15) is 42.9 Å². The van der Waals surface area contributed by atoms with Crippen molar-refractivity contribution in [1.82, 2.24) is 25.0 Å². The maximum atomic E-state index is 13.1. The van der Waals surface area contributed by atoms with Crippen molar-refractivity contribution in [3.8, 4) is 0 Å². The minimum atomic E-state index is -0.173. The predicted octanol–water partition coefficient (Wildman–Crippen LogP) is 2.78. The molecule has 0 spiro atoms. The van der Waals surface area contributed by atoms with Crippen molar-refractivity contribution >= 4 is 5.96 Å². The third-order valence-corrected chi connectivity index (χ3v) is 5.83. The van der Waals surface area contributed by atoms with Gasteiger partial charge in [0.2, 0.25) is 0 Å². The van der Waals surface area contributed by atoms with Crippen LogP contribution in [0.3, 0.4) is 0 Å². The molecule has 2 aliphatic rings. The highest BCUT2D eigenvalue weighted by Gasteiger charge is 2.25. The van der Waals surface area contributed by atoms with E-state index in [1.165, 1.54) is 24.8 Å². The summed E-state index contributed by atoms with van der Waals surface area (Å²) in [5.74, 6) is 3.43. The van der Waals surface area contributed by atoms with Gasteiger partial charge in [0.15, 0.2) is 11.8 Å². The number of halogens is 1. The topological polar surface area (TPSA) is 58.3 Å². The summed E-state index contributed by atoms with van der Waals surface area (Å²) in [6, 6.07) is 6.87. The number of fused-ring (bicyclic) bond motifs is 1. The summed E-state index contributed by atoms with van der Waals surface area (Å²) in [5, 5.41) is 12.3. The van der Waals surface area contributed by atoms with Crippen LogP contribution in [0, 0.1) is 11.7 Å². The molecule has 1 saturated heterocycles. The van der Waals surface area contributed by atoms with Crippen molar-refractivity contribution in [2.45, 2.75) is 51.6 Å². The second-order valence-electron chi connectivity index (χ2n) is 7.83. The van der Waals surface area contributed by atoms with E-state index in [0.717, 1.165) is 56.5 Å². The van der Waals surface area contributed by atoms with Crippen LogP contribution in [-0.4, -0.2) is 45.8 Å². The summed E-state index contributed by atoms with van der Waals surface area (Å²) in [6.45, 7) is 3.62. The summed E-state index contributed by atoms with van der Waals surface area (Å²) in [7, 11) is 1.83. The molecule has 0 amide bonds. The highest BCUT2D eigenvalue weighted by atomic mass is 19.1. The number of hydrogen-bond acceptors (Lipinski definition) is 3. The molecule has 1 aromatic carbocycles. The first-order chi connectivity index (χ1) is 13.7. The summed E-state index contributed by atoms with van der Waals surface area (Å²) in [6.07, 6.45) is 6.80. The fourth-order valence-electron chi connectivity index (χ4n) is 4.31. The molecule has 0 aliphatic carbocycles. The van der Waals surface area contributed by atoms with E-state index in [9.17, 15) is 4.39 Å². The molecule has 0 saturated carbocycles. The molecule has 150 valence electrons. The van der Waals surface area contributed by atoms with Crippen molar-refractivity contribution in [3.63, 3.8) is 0 Å². The average Bonchev–Trinajstić information content (AvgIpc) is 3.25. The molecule has 1 N–H and O–H groups in total. The van der Waals surface area contributed by atoms with Crippen LogP contribution >= 0.6 is 0 Å². The number of aryl methyl sites for hydroxylation is 1. The van der Waals surface area contributed by atoms with Crippen LogP contribution < -0.4 is 5.32 Å². The third-order valence-electron chi connectivity index (χ3n) is 5.83. The lowest BCUT2D eigenvalue weighted by molar-refractivity contribution is 0.457. The smallest absolute Gasteiger partial charge is 0.194 e. The van der Waals surface area contributed by atoms with E-state index in [1.54, 1.807) is 12.1 Å². The first-order valence-corrected chi connectivity index (χ1v) is 10.3. The minimum absolute atomic E-state index is 0.173. The van der Waals surface area contributed by atoms with E-state index in [0.29, 0.717) is 12.5 Å². The Bertz CT molecular complexity index is 813. The van der Waals surface area contributed by atoms with Gasteiger partial charge >= 0.3 is 0 Å². The van der Waals surface area contributed by atoms with Gasteiger partial charge in [0.1, 0.15) is 11.6 Å². The normalized spacial score (nSPS) is 20.1. The first kappa shape index (κ1) is 18.9. The molecule has 2 aliphatic heterocycles. The monoisotopic (exact) mass is 384 g/mol. The zero-order valence-corrected chi connectivity index (χ0v) is 16.6. The van der Waals surface area contributed by atoms with Gasteiger partial charge in [-0.25, -0.2) is 4.39 Å². The van der Waals surface area contributed by atoms with Crippen LogP contribution in [0.15, 0.2) is 29.3 Å². The summed E-state index contributed by atoms with van der Waals surface area (Å²) >= 11 is 0. The minimum Gasteiger partial charge on any atom is -0.349 e. The van der Waals surface area contributed by atoms with E-state index in [1.807, 2.05) is 19.2 Å². The fourth-order valence-corrected chi connectivity index (χ4v) is 4.31. The Kier molecular flexibility index (Phi) is 5.88. The van der Waals surface area contributed by atoms with E-state index >= 15 is 0 Å². The van der Waals surface area contributed by atoms with Crippen LogP contribution in [0.5, 0.6) is 0 Å². The lowest BCUT2D eigenvalue weighted by Gasteiger charge is -2.21. The Morgan fingerprint density at radius 3 is 2.86 bits per heavy atom. The number of guanidine groups is 1. The van der Waals surface area contributed by atoms with Crippen molar-refractivity contribution in [1.29, 1.82) is 0 Å². The molecule has 6 nitrogen and oxygen atoms in total. The van der Waals surface area contributed by atoms with Crippen LogP contribution in [0.25, 0.3) is 0 Å². The molecule has 1 aromatic heterocycles. The zero-order chi connectivity index (χ0) is 19.3. The van der Waals surface area contributed by atoms with Gasteiger partial charge in [0, 0.05) is 33.1 Å². The molecule has 28 heavy (non-hydrogen) atoms. The predicted molar refractivity (Wildman–Crippen MR) is 108 cm³/mol. The van der Waals surface area contributed by atoms with Crippen molar-refractivity contribution in [3.05, 3.63) is 47.3 Å². The Balaban J connectivity index is 1.32. The number of likely N-dealkylation sites (tertiary alicyclic amines) is 1. The van der Waals surface area contributed by atoms with E-state index in [2.05, 4.69) is 30.0 Å². The number of rotatable bonds is 4. The largest absolute Gasteiger partial charge is 0.349 e. The molecular weight excluding hydrogens is 355 g/mol. The molecule has 1 unspecified atom stereocenters. The maximum absolute atomic E-state index is 13.1. The van der Waals surface area contributed by atoms with Gasteiger partial charge in [-0.3, -0.25) is 4.99 Å². The lowest BCUT2D eigenvalue weighted by Crippen LogP contribution is -2.40. The summed E-state index contributed by atoms with van der Waals surface area (Å²) in [4.78, 5) is 6.79. The SMILES string of the molecule is CN=C(NCc1nnc2n1CCCCC2)N1CCC(Cc2ccc(F)cc2)C1. The number of aromatic nitrogens is 3. The number of benzene rings is 1. The molecule has 0 radical (unpaired) electrons. The van der Waals surface area contributed by atoms with Crippen molar-refractivity contribution in [2.24, 2.45) is 10.9 Å². The van der Waals surface area contributed by atoms with Crippen molar-refractivity contribution < 1.29 is 4.39 Å². The fraction of sp³-hybridized carbons (Fsp3) is 0.571. The lowest BCUT2D eigenvalue weighted by atomic mass is 9.99. The second kappa shape index (κ2) is 8.71. The Morgan fingerprint density at radius 1 is 1.18 bits per heavy atom. The number of aliphatic imine (C=N–C) groups is 1. The van der Waals surface area contributed by atoms with Crippen molar-refractivity contribution in [2.75, 3.05) is 20.1 Å². The van der Waals surface area contributed by atoms with Crippen LogP contribution in [0.4, 0.5) is 4.39 Å². The molecule has 7 heteroatoms. The highest BCUT2D eigenvalue weighted by Crippen LogP contribution is 2.21.